The van der Waals surface area contributed by atoms with E-state index in [1.165, 1.54) is 0 Å². The molecular formula is C13H14ClN3O. The van der Waals surface area contributed by atoms with Gasteiger partial charge in [0.1, 0.15) is 5.82 Å². The van der Waals surface area contributed by atoms with Crippen LogP contribution in [0.2, 0.25) is 5.02 Å². The highest BCUT2D eigenvalue weighted by atomic mass is 35.5. The lowest BCUT2D eigenvalue weighted by molar-refractivity contribution is 0.395. The quantitative estimate of drug-likeness (QED) is 0.920. The fraction of sp³-hybridized carbons (Fsp3) is 0.231. The molecule has 2 rings (SSSR count). The van der Waals surface area contributed by atoms with Crippen molar-refractivity contribution < 1.29 is 4.74 Å². The fourth-order valence-corrected chi connectivity index (χ4v) is 1.71. The molecule has 0 aliphatic rings. The lowest BCUT2D eigenvalue weighted by Crippen LogP contribution is -2.07. The van der Waals surface area contributed by atoms with E-state index in [4.69, 9.17) is 22.1 Å². The maximum Gasteiger partial charge on any atom is 0.216 e. The van der Waals surface area contributed by atoms with E-state index in [9.17, 15) is 0 Å². The molecule has 2 aromatic rings. The van der Waals surface area contributed by atoms with Crippen LogP contribution in [-0.2, 0) is 6.42 Å². The highest BCUT2D eigenvalue weighted by Crippen LogP contribution is 2.22. The van der Waals surface area contributed by atoms with Crippen molar-refractivity contribution in [2.75, 3.05) is 13.7 Å². The molecule has 0 radical (unpaired) electrons. The van der Waals surface area contributed by atoms with Crippen LogP contribution >= 0.6 is 11.6 Å². The van der Waals surface area contributed by atoms with Gasteiger partial charge >= 0.3 is 0 Å². The Labute approximate surface area is 111 Å². The molecule has 0 amide bonds. The molecule has 18 heavy (non-hydrogen) atoms. The summed E-state index contributed by atoms with van der Waals surface area (Å²) in [6, 6.07) is 9.28. The van der Waals surface area contributed by atoms with Crippen molar-refractivity contribution in [3.8, 4) is 17.1 Å². The molecule has 0 aliphatic heterocycles. The van der Waals surface area contributed by atoms with Gasteiger partial charge < -0.3 is 10.5 Å². The second-order valence-electron chi connectivity index (χ2n) is 3.76. The van der Waals surface area contributed by atoms with E-state index in [0.29, 0.717) is 29.7 Å². The lowest BCUT2D eigenvalue weighted by atomic mass is 10.1. The summed E-state index contributed by atoms with van der Waals surface area (Å²) in [7, 11) is 1.58. The van der Waals surface area contributed by atoms with Crippen molar-refractivity contribution in [1.82, 2.24) is 9.97 Å². The first-order chi connectivity index (χ1) is 8.72. The summed E-state index contributed by atoms with van der Waals surface area (Å²) in [6.07, 6.45) is 0.623. The molecule has 0 saturated heterocycles. The minimum absolute atomic E-state index is 0.507. The number of nitrogens with two attached hydrogens (primary N) is 1. The SMILES string of the molecule is COc1cc(-c2ccc(Cl)cc2)nc(CCN)n1. The first kappa shape index (κ1) is 12.8. The Morgan fingerprint density at radius 3 is 2.56 bits per heavy atom. The van der Waals surface area contributed by atoms with Crippen molar-refractivity contribution in [2.24, 2.45) is 5.73 Å². The van der Waals surface area contributed by atoms with Crippen LogP contribution < -0.4 is 10.5 Å². The largest absolute Gasteiger partial charge is 0.481 e. The highest BCUT2D eigenvalue weighted by molar-refractivity contribution is 6.30. The van der Waals surface area contributed by atoms with E-state index < -0.39 is 0 Å². The van der Waals surface area contributed by atoms with E-state index in [1.807, 2.05) is 24.3 Å². The fourth-order valence-electron chi connectivity index (χ4n) is 1.59. The second-order valence-corrected chi connectivity index (χ2v) is 4.19. The summed E-state index contributed by atoms with van der Waals surface area (Å²) in [5.74, 6) is 1.22. The third kappa shape index (κ3) is 2.97. The molecule has 94 valence electrons. The Bertz CT molecular complexity index is 528. The third-order valence-corrected chi connectivity index (χ3v) is 2.72. The van der Waals surface area contributed by atoms with E-state index in [-0.39, 0.29) is 0 Å². The summed E-state index contributed by atoms with van der Waals surface area (Å²) < 4.78 is 5.17. The first-order valence-corrected chi connectivity index (χ1v) is 5.98. The highest BCUT2D eigenvalue weighted by Gasteiger charge is 2.06. The average Bonchev–Trinajstić information content (AvgIpc) is 2.39. The van der Waals surface area contributed by atoms with Gasteiger partial charge in [0.25, 0.3) is 0 Å². The van der Waals surface area contributed by atoms with Gasteiger partial charge in [-0.3, -0.25) is 0 Å². The number of halogens is 1. The van der Waals surface area contributed by atoms with Crippen molar-refractivity contribution in [2.45, 2.75) is 6.42 Å². The van der Waals surface area contributed by atoms with Gasteiger partial charge in [-0.05, 0) is 18.7 Å². The topological polar surface area (TPSA) is 61.0 Å². The number of aromatic nitrogens is 2. The van der Waals surface area contributed by atoms with Crippen LogP contribution in [0, 0.1) is 0 Å². The summed E-state index contributed by atoms with van der Waals surface area (Å²) in [4.78, 5) is 8.70. The van der Waals surface area contributed by atoms with E-state index >= 15 is 0 Å². The molecule has 4 nitrogen and oxygen atoms in total. The normalized spacial score (nSPS) is 10.4. The molecule has 1 heterocycles. The van der Waals surface area contributed by atoms with Gasteiger partial charge in [0.15, 0.2) is 0 Å². The minimum atomic E-state index is 0.507. The molecule has 0 atom stereocenters. The molecule has 1 aromatic heterocycles. The molecule has 0 bridgehead atoms. The molecule has 5 heteroatoms. The molecule has 0 fully saturated rings. The first-order valence-electron chi connectivity index (χ1n) is 5.61. The molecule has 1 aromatic carbocycles. The maximum absolute atomic E-state index is 5.86. The van der Waals surface area contributed by atoms with Crippen LogP contribution in [0.4, 0.5) is 0 Å². The van der Waals surface area contributed by atoms with Crippen LogP contribution in [0.1, 0.15) is 5.82 Å². The van der Waals surface area contributed by atoms with Gasteiger partial charge in [0.2, 0.25) is 5.88 Å². The zero-order chi connectivity index (χ0) is 13.0. The van der Waals surface area contributed by atoms with Crippen molar-refractivity contribution in [1.29, 1.82) is 0 Å². The van der Waals surface area contributed by atoms with Crippen molar-refractivity contribution in [3.63, 3.8) is 0 Å². The standard InChI is InChI=1S/C13H14ClN3O/c1-18-13-8-11(16-12(17-13)6-7-15)9-2-4-10(14)5-3-9/h2-5,8H,6-7,15H2,1H3. The average molecular weight is 264 g/mol. The molecule has 0 saturated carbocycles. The van der Waals surface area contributed by atoms with Gasteiger partial charge in [-0.1, -0.05) is 23.7 Å². The van der Waals surface area contributed by atoms with Crippen LogP contribution in [0.5, 0.6) is 5.88 Å². The Morgan fingerprint density at radius 2 is 1.94 bits per heavy atom. The smallest absolute Gasteiger partial charge is 0.216 e. The Hall–Kier alpha value is -1.65. The van der Waals surface area contributed by atoms with Gasteiger partial charge in [-0.25, -0.2) is 4.98 Å². The third-order valence-electron chi connectivity index (χ3n) is 2.47. The molecule has 0 unspecified atom stereocenters. The van der Waals surface area contributed by atoms with E-state index in [0.717, 1.165) is 11.3 Å². The van der Waals surface area contributed by atoms with E-state index in [2.05, 4.69) is 9.97 Å². The zero-order valence-electron chi connectivity index (χ0n) is 10.1. The summed E-state index contributed by atoms with van der Waals surface area (Å²) in [6.45, 7) is 0.507. The maximum atomic E-state index is 5.86. The number of nitrogens with zero attached hydrogens (tertiary/aromatic N) is 2. The van der Waals surface area contributed by atoms with Crippen LogP contribution in [-0.4, -0.2) is 23.6 Å². The summed E-state index contributed by atoms with van der Waals surface area (Å²) >= 11 is 5.86. The number of hydrogen-bond donors (Lipinski definition) is 1. The Kier molecular flexibility index (Phi) is 4.12. The number of benzene rings is 1. The molecule has 2 N–H and O–H groups in total. The van der Waals surface area contributed by atoms with Crippen LogP contribution in [0.3, 0.4) is 0 Å². The van der Waals surface area contributed by atoms with Crippen LogP contribution in [0.25, 0.3) is 11.3 Å². The van der Waals surface area contributed by atoms with Crippen molar-refractivity contribution in [3.05, 3.63) is 41.2 Å². The van der Waals surface area contributed by atoms with Crippen LogP contribution in [0.15, 0.2) is 30.3 Å². The monoisotopic (exact) mass is 263 g/mol. The predicted octanol–water partition coefficient (Wildman–Crippen LogP) is 2.31. The minimum Gasteiger partial charge on any atom is -0.481 e. The molecular weight excluding hydrogens is 250 g/mol. The summed E-state index contributed by atoms with van der Waals surface area (Å²) in [5, 5.41) is 0.696. The lowest BCUT2D eigenvalue weighted by Gasteiger charge is -2.07. The predicted molar refractivity (Wildman–Crippen MR) is 71.8 cm³/mol. The van der Waals surface area contributed by atoms with E-state index in [1.54, 1.807) is 13.2 Å². The Morgan fingerprint density at radius 1 is 1.22 bits per heavy atom. The van der Waals surface area contributed by atoms with Crippen molar-refractivity contribution >= 4 is 11.6 Å². The molecule has 0 spiro atoms. The second kappa shape index (κ2) is 5.80. The Balaban J connectivity index is 2.42. The zero-order valence-corrected chi connectivity index (χ0v) is 10.8. The number of rotatable bonds is 4. The van der Waals surface area contributed by atoms with Gasteiger partial charge in [-0.2, -0.15) is 4.98 Å². The van der Waals surface area contributed by atoms with Gasteiger partial charge in [-0.15, -0.1) is 0 Å². The van der Waals surface area contributed by atoms with Gasteiger partial charge in [0.05, 0.1) is 12.8 Å². The number of ether oxygens (including phenoxy) is 1. The number of hydrogen-bond acceptors (Lipinski definition) is 4. The number of methoxy groups -OCH3 is 1. The molecule has 0 aliphatic carbocycles. The van der Waals surface area contributed by atoms with Gasteiger partial charge in [0, 0.05) is 23.1 Å². The summed E-state index contributed by atoms with van der Waals surface area (Å²) in [5.41, 5.74) is 7.30.